The molecule has 0 bridgehead atoms. The van der Waals surface area contributed by atoms with Gasteiger partial charge < -0.3 is 5.73 Å². The summed E-state index contributed by atoms with van der Waals surface area (Å²) in [5.41, 5.74) is 11.5. The van der Waals surface area contributed by atoms with Crippen LogP contribution < -0.4 is 5.73 Å². The number of aromatic nitrogens is 3. The van der Waals surface area contributed by atoms with Crippen LogP contribution in [0.15, 0.2) is 18.2 Å². The predicted molar refractivity (Wildman–Crippen MR) is 82.0 cm³/mol. The summed E-state index contributed by atoms with van der Waals surface area (Å²) >= 11 is 0. The molecule has 0 unspecified atom stereocenters. The standard InChI is InChI=1S/C16H24N4/c1-5-13(6-2)16-14(10-17)18-19-20(16)15-9-11(3)7-8-12(15)4/h7-9,13H,5-6,10,17H2,1-4H3. The third-order valence-electron chi connectivity index (χ3n) is 3.94. The van der Waals surface area contributed by atoms with Gasteiger partial charge in [-0.1, -0.05) is 31.2 Å². The number of nitrogens with zero attached hydrogens (tertiary/aromatic N) is 3. The van der Waals surface area contributed by atoms with E-state index in [9.17, 15) is 0 Å². The van der Waals surface area contributed by atoms with Crippen molar-refractivity contribution < 1.29 is 0 Å². The van der Waals surface area contributed by atoms with Crippen molar-refractivity contribution in [1.82, 2.24) is 15.0 Å². The molecule has 0 saturated carbocycles. The molecule has 0 fully saturated rings. The maximum atomic E-state index is 5.84. The van der Waals surface area contributed by atoms with Crippen molar-refractivity contribution in [3.05, 3.63) is 40.7 Å². The molecule has 108 valence electrons. The molecular weight excluding hydrogens is 248 g/mol. The van der Waals surface area contributed by atoms with Crippen molar-refractivity contribution in [3.63, 3.8) is 0 Å². The van der Waals surface area contributed by atoms with Crippen LogP contribution in [0.4, 0.5) is 0 Å². The van der Waals surface area contributed by atoms with E-state index >= 15 is 0 Å². The van der Waals surface area contributed by atoms with Crippen LogP contribution in [0, 0.1) is 13.8 Å². The Kier molecular flexibility index (Phi) is 4.55. The molecule has 20 heavy (non-hydrogen) atoms. The average Bonchev–Trinajstić information content (AvgIpc) is 2.87. The first kappa shape index (κ1) is 14.7. The number of rotatable bonds is 5. The molecular formula is C16H24N4. The van der Waals surface area contributed by atoms with Crippen molar-refractivity contribution in [3.8, 4) is 5.69 Å². The third kappa shape index (κ3) is 2.61. The zero-order chi connectivity index (χ0) is 14.7. The Hall–Kier alpha value is -1.68. The van der Waals surface area contributed by atoms with Crippen molar-refractivity contribution in [1.29, 1.82) is 0 Å². The number of hydrogen-bond acceptors (Lipinski definition) is 3. The van der Waals surface area contributed by atoms with Gasteiger partial charge in [0, 0.05) is 12.5 Å². The van der Waals surface area contributed by atoms with Crippen molar-refractivity contribution in [2.75, 3.05) is 0 Å². The second-order valence-corrected chi connectivity index (χ2v) is 5.34. The second-order valence-electron chi connectivity index (χ2n) is 5.34. The van der Waals surface area contributed by atoms with Gasteiger partial charge >= 0.3 is 0 Å². The molecule has 2 rings (SSSR count). The Morgan fingerprint density at radius 2 is 1.90 bits per heavy atom. The minimum absolute atomic E-state index is 0.441. The highest BCUT2D eigenvalue weighted by Gasteiger charge is 2.21. The molecule has 0 radical (unpaired) electrons. The number of benzene rings is 1. The number of nitrogens with two attached hydrogens (primary N) is 1. The van der Waals surface area contributed by atoms with Gasteiger partial charge in [-0.25, -0.2) is 4.68 Å². The summed E-state index contributed by atoms with van der Waals surface area (Å²) in [6.07, 6.45) is 2.14. The van der Waals surface area contributed by atoms with E-state index in [2.05, 4.69) is 56.2 Å². The van der Waals surface area contributed by atoms with Gasteiger partial charge in [0.25, 0.3) is 0 Å². The topological polar surface area (TPSA) is 56.7 Å². The van der Waals surface area contributed by atoms with Gasteiger partial charge in [0.05, 0.1) is 11.4 Å². The molecule has 0 aliphatic rings. The van der Waals surface area contributed by atoms with Crippen molar-refractivity contribution in [2.45, 2.75) is 53.0 Å². The van der Waals surface area contributed by atoms with Crippen LogP contribution in [-0.2, 0) is 6.54 Å². The van der Waals surface area contributed by atoms with Gasteiger partial charge in [0.1, 0.15) is 5.69 Å². The lowest BCUT2D eigenvalue weighted by Gasteiger charge is -2.17. The van der Waals surface area contributed by atoms with E-state index in [4.69, 9.17) is 5.73 Å². The summed E-state index contributed by atoms with van der Waals surface area (Å²) in [6.45, 7) is 9.05. The van der Waals surface area contributed by atoms with E-state index in [0.717, 1.165) is 24.2 Å². The summed E-state index contributed by atoms with van der Waals surface area (Å²) in [6, 6.07) is 6.41. The highest BCUT2D eigenvalue weighted by Crippen LogP contribution is 2.28. The lowest BCUT2D eigenvalue weighted by Crippen LogP contribution is -2.11. The molecule has 0 saturated heterocycles. The summed E-state index contributed by atoms with van der Waals surface area (Å²) in [4.78, 5) is 0. The molecule has 2 aromatic rings. The first-order valence-corrected chi connectivity index (χ1v) is 7.34. The summed E-state index contributed by atoms with van der Waals surface area (Å²) in [5.74, 6) is 0.448. The minimum Gasteiger partial charge on any atom is -0.325 e. The smallest absolute Gasteiger partial charge is 0.100 e. The van der Waals surface area contributed by atoms with E-state index in [-0.39, 0.29) is 0 Å². The van der Waals surface area contributed by atoms with Gasteiger partial charge in [0.15, 0.2) is 0 Å². The first-order chi connectivity index (χ1) is 9.62. The SMILES string of the molecule is CCC(CC)c1c(CN)nnn1-c1cc(C)ccc1C. The minimum atomic E-state index is 0.441. The maximum absolute atomic E-state index is 5.84. The average molecular weight is 272 g/mol. The van der Waals surface area contributed by atoms with Crippen LogP contribution in [0.5, 0.6) is 0 Å². The molecule has 4 heteroatoms. The fourth-order valence-electron chi connectivity index (χ4n) is 2.68. The fourth-order valence-corrected chi connectivity index (χ4v) is 2.68. The molecule has 2 N–H and O–H groups in total. The maximum Gasteiger partial charge on any atom is 0.100 e. The van der Waals surface area contributed by atoms with Crippen LogP contribution in [0.25, 0.3) is 5.69 Å². The molecule has 4 nitrogen and oxygen atoms in total. The summed E-state index contributed by atoms with van der Waals surface area (Å²) < 4.78 is 1.99. The van der Waals surface area contributed by atoms with E-state index in [1.807, 2.05) is 4.68 Å². The molecule has 0 aliphatic heterocycles. The molecule has 0 atom stereocenters. The Bertz CT molecular complexity index is 582. The van der Waals surface area contributed by atoms with Gasteiger partial charge in [-0.15, -0.1) is 5.10 Å². The number of hydrogen-bond donors (Lipinski definition) is 1. The summed E-state index contributed by atoms with van der Waals surface area (Å²) in [7, 11) is 0. The highest BCUT2D eigenvalue weighted by molar-refractivity contribution is 5.44. The van der Waals surface area contributed by atoms with Crippen LogP contribution in [-0.4, -0.2) is 15.0 Å². The Balaban J connectivity index is 2.62. The van der Waals surface area contributed by atoms with Crippen LogP contribution in [0.1, 0.15) is 55.1 Å². The molecule has 1 aromatic carbocycles. The summed E-state index contributed by atoms with van der Waals surface area (Å²) in [5, 5.41) is 8.65. The Morgan fingerprint density at radius 1 is 1.20 bits per heavy atom. The Labute approximate surface area is 121 Å². The van der Waals surface area contributed by atoms with Crippen molar-refractivity contribution in [2.24, 2.45) is 5.73 Å². The molecule has 1 heterocycles. The van der Waals surface area contributed by atoms with E-state index in [1.165, 1.54) is 16.8 Å². The zero-order valence-electron chi connectivity index (χ0n) is 12.8. The first-order valence-electron chi connectivity index (χ1n) is 7.34. The Morgan fingerprint density at radius 3 is 2.50 bits per heavy atom. The highest BCUT2D eigenvalue weighted by atomic mass is 15.4. The van der Waals surface area contributed by atoms with Crippen molar-refractivity contribution >= 4 is 0 Å². The molecule has 0 aliphatic carbocycles. The fraction of sp³-hybridized carbons (Fsp3) is 0.500. The third-order valence-corrected chi connectivity index (χ3v) is 3.94. The quantitative estimate of drug-likeness (QED) is 0.909. The van der Waals surface area contributed by atoms with E-state index in [1.54, 1.807) is 0 Å². The van der Waals surface area contributed by atoms with Crippen LogP contribution in [0.2, 0.25) is 0 Å². The number of aryl methyl sites for hydroxylation is 2. The zero-order valence-corrected chi connectivity index (χ0v) is 12.8. The lowest BCUT2D eigenvalue weighted by molar-refractivity contribution is 0.590. The molecule has 0 amide bonds. The monoisotopic (exact) mass is 272 g/mol. The van der Waals surface area contributed by atoms with E-state index in [0.29, 0.717) is 12.5 Å². The van der Waals surface area contributed by atoms with Crippen LogP contribution in [0.3, 0.4) is 0 Å². The van der Waals surface area contributed by atoms with Gasteiger partial charge in [-0.05, 0) is 43.9 Å². The second kappa shape index (κ2) is 6.18. The molecule has 0 spiro atoms. The van der Waals surface area contributed by atoms with Gasteiger partial charge in [-0.3, -0.25) is 0 Å². The lowest BCUT2D eigenvalue weighted by atomic mass is 9.97. The van der Waals surface area contributed by atoms with Gasteiger partial charge in [-0.2, -0.15) is 0 Å². The van der Waals surface area contributed by atoms with Crippen LogP contribution >= 0.6 is 0 Å². The van der Waals surface area contributed by atoms with E-state index < -0.39 is 0 Å². The largest absolute Gasteiger partial charge is 0.325 e. The molecule has 1 aromatic heterocycles. The normalized spacial score (nSPS) is 11.3. The van der Waals surface area contributed by atoms with Gasteiger partial charge in [0.2, 0.25) is 0 Å². The predicted octanol–water partition coefficient (Wildman–Crippen LogP) is 3.25.